The number of amidine groups is 1. The van der Waals surface area contributed by atoms with Gasteiger partial charge < -0.3 is 24.5 Å². The van der Waals surface area contributed by atoms with Crippen LogP contribution in [0.25, 0.3) is 0 Å². The Labute approximate surface area is 250 Å². The quantitative estimate of drug-likeness (QED) is 0.367. The molecule has 1 unspecified atom stereocenters. The number of para-hydroxylation sites is 2. The highest BCUT2D eigenvalue weighted by Gasteiger charge is 2.34. The molecule has 0 radical (unpaired) electrons. The zero-order chi connectivity index (χ0) is 29.6. The summed E-state index contributed by atoms with van der Waals surface area (Å²) in [6, 6.07) is 19.8. The van der Waals surface area contributed by atoms with E-state index in [1.165, 1.54) is 6.92 Å². The van der Waals surface area contributed by atoms with Gasteiger partial charge in [-0.2, -0.15) is 5.06 Å². The fourth-order valence-corrected chi connectivity index (χ4v) is 5.03. The van der Waals surface area contributed by atoms with Crippen LogP contribution in [-0.4, -0.2) is 72.9 Å². The van der Waals surface area contributed by atoms with Crippen molar-refractivity contribution in [2.75, 3.05) is 49.8 Å². The number of hydrogen-bond acceptors (Lipinski definition) is 8. The van der Waals surface area contributed by atoms with Gasteiger partial charge in [0.05, 0.1) is 12.6 Å². The molecule has 3 aromatic rings. The maximum atomic E-state index is 12.9. The summed E-state index contributed by atoms with van der Waals surface area (Å²) in [5.74, 6) is 2.27. The molecule has 0 aromatic heterocycles. The van der Waals surface area contributed by atoms with E-state index in [-0.39, 0.29) is 24.5 Å². The second kappa shape index (κ2) is 13.1. The minimum Gasteiger partial charge on any atom is -0.492 e. The smallest absolute Gasteiger partial charge is 0.260 e. The molecule has 0 bridgehead atoms. The number of nitrogens with one attached hydrogen (secondary N) is 1. The molecule has 5 rings (SSSR count). The van der Waals surface area contributed by atoms with Crippen LogP contribution in [0.1, 0.15) is 20.8 Å². The van der Waals surface area contributed by atoms with Gasteiger partial charge in [-0.25, -0.2) is 4.99 Å². The van der Waals surface area contributed by atoms with Crippen molar-refractivity contribution in [1.29, 1.82) is 0 Å². The van der Waals surface area contributed by atoms with Gasteiger partial charge in [0, 0.05) is 43.8 Å². The molecule has 1 N–H and O–H groups in total. The van der Waals surface area contributed by atoms with Crippen LogP contribution in [-0.2, 0) is 9.59 Å². The van der Waals surface area contributed by atoms with E-state index in [0.717, 1.165) is 5.69 Å². The predicted molar refractivity (Wildman–Crippen MR) is 163 cm³/mol. The Bertz CT molecular complexity index is 1460. The van der Waals surface area contributed by atoms with Crippen molar-refractivity contribution in [3.05, 3.63) is 71.8 Å². The first-order valence-corrected chi connectivity index (χ1v) is 14.3. The lowest BCUT2D eigenvalue weighted by atomic mass is 10.1. The summed E-state index contributed by atoms with van der Waals surface area (Å²) >= 11 is 5.93. The van der Waals surface area contributed by atoms with Crippen LogP contribution in [0.3, 0.4) is 0 Å². The first-order chi connectivity index (χ1) is 20.3. The van der Waals surface area contributed by atoms with Crippen molar-refractivity contribution >= 4 is 46.3 Å². The summed E-state index contributed by atoms with van der Waals surface area (Å²) < 4.78 is 11.6. The topological polar surface area (TPSA) is 95.9 Å². The average molecular weight is 592 g/mol. The van der Waals surface area contributed by atoms with Gasteiger partial charge in [0.1, 0.15) is 22.9 Å². The number of aliphatic imine (C=N–C) groups is 1. The summed E-state index contributed by atoms with van der Waals surface area (Å²) in [7, 11) is 0. The third kappa shape index (κ3) is 6.78. The number of amides is 2. The second-order valence-corrected chi connectivity index (χ2v) is 10.4. The first-order valence-electron chi connectivity index (χ1n) is 13.9. The molecule has 2 aliphatic heterocycles. The molecular weight excluding hydrogens is 558 g/mol. The van der Waals surface area contributed by atoms with Gasteiger partial charge in [0.15, 0.2) is 18.2 Å². The van der Waals surface area contributed by atoms with Gasteiger partial charge in [0.2, 0.25) is 5.91 Å². The average Bonchev–Trinajstić information content (AvgIpc) is 3.00. The summed E-state index contributed by atoms with van der Waals surface area (Å²) in [6.07, 6.45) is 0. The van der Waals surface area contributed by atoms with E-state index in [2.05, 4.69) is 17.1 Å². The molecule has 2 aliphatic rings. The van der Waals surface area contributed by atoms with E-state index in [1.807, 2.05) is 36.1 Å². The molecule has 42 heavy (non-hydrogen) atoms. The van der Waals surface area contributed by atoms with Gasteiger partial charge in [-0.1, -0.05) is 23.7 Å². The summed E-state index contributed by atoms with van der Waals surface area (Å²) in [5.41, 5.74) is 1.98. The van der Waals surface area contributed by atoms with Crippen LogP contribution in [0, 0.1) is 0 Å². The zero-order valence-corrected chi connectivity index (χ0v) is 24.6. The van der Waals surface area contributed by atoms with Crippen LogP contribution < -0.4 is 24.7 Å². The molecule has 1 saturated heterocycles. The number of piperazine rings is 1. The number of nitrogens with zero attached hydrogens (tertiary/aromatic N) is 4. The number of hydrogen-bond donors (Lipinski definition) is 1. The minimum absolute atomic E-state index is 0.0346. The fourth-order valence-electron chi connectivity index (χ4n) is 4.90. The van der Waals surface area contributed by atoms with Crippen LogP contribution in [0.5, 0.6) is 17.2 Å². The number of hydroxylamine groups is 1. The lowest BCUT2D eigenvalue weighted by molar-refractivity contribution is -0.135. The molecule has 220 valence electrons. The van der Waals surface area contributed by atoms with Crippen molar-refractivity contribution in [2.24, 2.45) is 4.99 Å². The van der Waals surface area contributed by atoms with Crippen molar-refractivity contribution < 1.29 is 23.9 Å². The van der Waals surface area contributed by atoms with Crippen LogP contribution in [0.15, 0.2) is 71.7 Å². The highest BCUT2D eigenvalue weighted by Crippen LogP contribution is 2.39. The lowest BCUT2D eigenvalue weighted by Crippen LogP contribution is -2.57. The van der Waals surface area contributed by atoms with Gasteiger partial charge in [-0.3, -0.25) is 14.5 Å². The maximum Gasteiger partial charge on any atom is 0.260 e. The highest BCUT2D eigenvalue weighted by molar-refractivity contribution is 6.30. The van der Waals surface area contributed by atoms with Crippen molar-refractivity contribution in [3.8, 4) is 17.2 Å². The molecular formula is C31H34ClN5O5. The molecule has 0 aliphatic carbocycles. The van der Waals surface area contributed by atoms with Crippen molar-refractivity contribution in [2.45, 2.75) is 26.8 Å². The number of carbonyl (C=O) groups is 2. The van der Waals surface area contributed by atoms with E-state index in [0.29, 0.717) is 72.3 Å². The Hall–Kier alpha value is -4.28. The third-order valence-electron chi connectivity index (χ3n) is 7.06. The summed E-state index contributed by atoms with van der Waals surface area (Å²) in [6.45, 7) is 8.34. The van der Waals surface area contributed by atoms with Gasteiger partial charge in [-0.05, 0) is 68.4 Å². The van der Waals surface area contributed by atoms with E-state index in [9.17, 15) is 9.59 Å². The Morgan fingerprint density at radius 1 is 1.02 bits per heavy atom. The van der Waals surface area contributed by atoms with Gasteiger partial charge >= 0.3 is 0 Å². The molecule has 0 spiro atoms. The molecule has 2 amide bonds. The van der Waals surface area contributed by atoms with Crippen LogP contribution in [0.4, 0.5) is 17.1 Å². The number of anilines is 2. The number of carbonyl (C=O) groups excluding carboxylic acids is 2. The Morgan fingerprint density at radius 3 is 2.48 bits per heavy atom. The lowest BCUT2D eigenvalue weighted by Gasteiger charge is -2.41. The predicted octanol–water partition coefficient (Wildman–Crippen LogP) is 5.15. The minimum atomic E-state index is -0.167. The number of halogens is 1. The monoisotopic (exact) mass is 591 g/mol. The zero-order valence-electron chi connectivity index (χ0n) is 23.9. The van der Waals surface area contributed by atoms with E-state index in [1.54, 1.807) is 47.5 Å². The number of ether oxygens (including phenoxy) is 2. The van der Waals surface area contributed by atoms with E-state index >= 15 is 0 Å². The molecule has 0 saturated carbocycles. The SMILES string of the molecule is CCOc1ccccc1N1Oc2ccc(NC(C)=O)cc2N=C1C(C)N1CCN(C(=O)COc2ccc(Cl)cc2)CC1. The highest BCUT2D eigenvalue weighted by atomic mass is 35.5. The number of rotatable bonds is 9. The Morgan fingerprint density at radius 2 is 1.76 bits per heavy atom. The third-order valence-corrected chi connectivity index (χ3v) is 7.31. The molecule has 1 fully saturated rings. The largest absolute Gasteiger partial charge is 0.492 e. The normalized spacial score (nSPS) is 15.7. The van der Waals surface area contributed by atoms with Gasteiger partial charge in [-0.15, -0.1) is 0 Å². The standard InChI is InChI=1S/C31H34ClN5O5/c1-4-40-29-8-6-5-7-27(29)37-31(34-26-19-24(33-22(3)38)11-14-28(26)42-37)21(2)35-15-17-36(18-16-35)30(39)20-41-25-12-9-23(32)10-13-25/h5-14,19,21H,4,15-18,20H2,1-3H3,(H,33,38). The van der Waals surface area contributed by atoms with Gasteiger partial charge in [0.25, 0.3) is 5.91 Å². The van der Waals surface area contributed by atoms with E-state index < -0.39 is 0 Å². The summed E-state index contributed by atoms with van der Waals surface area (Å²) in [5, 5.41) is 5.14. The molecule has 2 heterocycles. The Balaban J connectivity index is 1.33. The molecule has 10 nitrogen and oxygen atoms in total. The van der Waals surface area contributed by atoms with Crippen molar-refractivity contribution in [1.82, 2.24) is 9.80 Å². The second-order valence-electron chi connectivity index (χ2n) is 9.96. The number of benzene rings is 3. The van der Waals surface area contributed by atoms with Crippen LogP contribution in [0.2, 0.25) is 5.02 Å². The fraction of sp³-hybridized carbons (Fsp3) is 0.323. The number of fused-ring (bicyclic) bond motifs is 1. The van der Waals surface area contributed by atoms with E-state index in [4.69, 9.17) is 30.9 Å². The Kier molecular flexibility index (Phi) is 9.14. The maximum absolute atomic E-state index is 12.9. The molecule has 1 atom stereocenters. The first kappa shape index (κ1) is 29.2. The molecule has 11 heteroatoms. The summed E-state index contributed by atoms with van der Waals surface area (Å²) in [4.78, 5) is 40.0. The van der Waals surface area contributed by atoms with Crippen LogP contribution >= 0.6 is 11.6 Å². The van der Waals surface area contributed by atoms with Crippen molar-refractivity contribution in [3.63, 3.8) is 0 Å². The molecule has 3 aromatic carbocycles.